The number of hydrogen-bond donors (Lipinski definition) is 2. The molecular formula is C17H24N4OS. The van der Waals surface area contributed by atoms with Gasteiger partial charge in [0.05, 0.1) is 16.8 Å². The quantitative estimate of drug-likeness (QED) is 0.604. The number of guanidine groups is 1. The number of rotatable bonds is 7. The van der Waals surface area contributed by atoms with Crippen molar-refractivity contribution in [1.29, 1.82) is 0 Å². The number of methoxy groups -OCH3 is 1. The molecule has 0 aliphatic heterocycles. The molecule has 1 unspecified atom stereocenters. The van der Waals surface area contributed by atoms with Crippen LogP contribution in [0.15, 0.2) is 40.7 Å². The zero-order valence-electron chi connectivity index (χ0n) is 13.9. The molecular weight excluding hydrogens is 308 g/mol. The summed E-state index contributed by atoms with van der Waals surface area (Å²) in [7, 11) is 3.49. The predicted molar refractivity (Wildman–Crippen MR) is 96.1 cm³/mol. The molecule has 0 spiro atoms. The zero-order valence-corrected chi connectivity index (χ0v) is 14.7. The summed E-state index contributed by atoms with van der Waals surface area (Å²) in [6.45, 7) is 3.48. The highest BCUT2D eigenvalue weighted by atomic mass is 32.1. The Bertz CT molecular complexity index is 612. The molecule has 1 atom stereocenters. The van der Waals surface area contributed by atoms with Crippen molar-refractivity contribution in [2.24, 2.45) is 4.99 Å². The maximum absolute atomic E-state index is 5.55. The fourth-order valence-electron chi connectivity index (χ4n) is 2.25. The van der Waals surface area contributed by atoms with Crippen LogP contribution in [0.2, 0.25) is 0 Å². The van der Waals surface area contributed by atoms with Gasteiger partial charge in [-0.15, -0.1) is 11.3 Å². The van der Waals surface area contributed by atoms with Crippen molar-refractivity contribution < 1.29 is 4.74 Å². The molecule has 124 valence electrons. The molecule has 0 amide bonds. The van der Waals surface area contributed by atoms with Crippen LogP contribution in [-0.2, 0) is 11.2 Å². The van der Waals surface area contributed by atoms with Gasteiger partial charge in [-0.25, -0.2) is 4.98 Å². The zero-order chi connectivity index (χ0) is 16.5. The lowest BCUT2D eigenvalue weighted by atomic mass is 10.1. The second-order valence-corrected chi connectivity index (χ2v) is 6.19. The average molecular weight is 332 g/mol. The molecule has 0 saturated heterocycles. The van der Waals surface area contributed by atoms with Crippen molar-refractivity contribution >= 4 is 17.3 Å². The summed E-state index contributed by atoms with van der Waals surface area (Å²) >= 11 is 1.68. The second kappa shape index (κ2) is 9.27. The first-order valence-corrected chi connectivity index (χ1v) is 8.54. The van der Waals surface area contributed by atoms with E-state index in [9.17, 15) is 0 Å². The van der Waals surface area contributed by atoms with E-state index in [1.165, 1.54) is 0 Å². The second-order valence-electron chi connectivity index (χ2n) is 5.12. The Kier molecular flexibility index (Phi) is 7.03. The summed E-state index contributed by atoms with van der Waals surface area (Å²) in [6, 6.07) is 10.2. The van der Waals surface area contributed by atoms with Crippen molar-refractivity contribution in [3.63, 3.8) is 0 Å². The summed E-state index contributed by atoms with van der Waals surface area (Å²) in [5, 5.41) is 9.82. The van der Waals surface area contributed by atoms with E-state index in [2.05, 4.69) is 38.1 Å². The molecule has 0 saturated carbocycles. The van der Waals surface area contributed by atoms with Crippen LogP contribution >= 0.6 is 11.3 Å². The van der Waals surface area contributed by atoms with Gasteiger partial charge in [-0.3, -0.25) is 4.99 Å². The Labute approximate surface area is 141 Å². The first-order valence-electron chi connectivity index (χ1n) is 7.66. The van der Waals surface area contributed by atoms with Crippen molar-refractivity contribution in [2.75, 3.05) is 27.2 Å². The molecule has 0 aliphatic carbocycles. The molecule has 1 aromatic carbocycles. The van der Waals surface area contributed by atoms with E-state index in [4.69, 9.17) is 4.74 Å². The Morgan fingerprint density at radius 2 is 2.09 bits per heavy atom. The molecule has 1 aromatic heterocycles. The SMILES string of the molecule is CN=C(NCCc1csc(C)n1)NCC(OC)c1ccccc1. The minimum Gasteiger partial charge on any atom is -0.375 e. The highest BCUT2D eigenvalue weighted by Crippen LogP contribution is 2.14. The summed E-state index contributed by atoms with van der Waals surface area (Å²) in [6.07, 6.45) is 0.883. The topological polar surface area (TPSA) is 58.5 Å². The van der Waals surface area contributed by atoms with Crippen LogP contribution in [-0.4, -0.2) is 38.2 Å². The molecule has 5 nitrogen and oxygen atoms in total. The lowest BCUT2D eigenvalue weighted by Gasteiger charge is -2.18. The minimum absolute atomic E-state index is 0.00376. The maximum atomic E-state index is 5.55. The standard InChI is InChI=1S/C17H24N4OS/c1-13-21-15(12-23-13)9-10-19-17(18-2)20-11-16(22-3)14-7-5-4-6-8-14/h4-8,12,16H,9-11H2,1-3H3,(H2,18,19,20). The lowest BCUT2D eigenvalue weighted by molar-refractivity contribution is 0.106. The third-order valence-corrected chi connectivity index (χ3v) is 4.30. The van der Waals surface area contributed by atoms with Gasteiger partial charge >= 0.3 is 0 Å². The van der Waals surface area contributed by atoms with E-state index in [1.54, 1.807) is 25.5 Å². The van der Waals surface area contributed by atoms with Gasteiger partial charge in [0.1, 0.15) is 0 Å². The number of hydrogen-bond acceptors (Lipinski definition) is 4. The van der Waals surface area contributed by atoms with E-state index in [-0.39, 0.29) is 6.10 Å². The number of ether oxygens (including phenoxy) is 1. The van der Waals surface area contributed by atoms with Gasteiger partial charge in [0, 0.05) is 39.0 Å². The number of aryl methyl sites for hydroxylation is 1. The van der Waals surface area contributed by atoms with Gasteiger partial charge in [-0.1, -0.05) is 30.3 Å². The third-order valence-electron chi connectivity index (χ3n) is 3.47. The largest absolute Gasteiger partial charge is 0.375 e. The predicted octanol–water partition coefficient (Wildman–Crippen LogP) is 2.55. The van der Waals surface area contributed by atoms with Gasteiger partial charge in [-0.05, 0) is 12.5 Å². The lowest BCUT2D eigenvalue weighted by Crippen LogP contribution is -2.40. The maximum Gasteiger partial charge on any atom is 0.191 e. The van der Waals surface area contributed by atoms with Crippen LogP contribution in [0.5, 0.6) is 0 Å². The molecule has 0 aliphatic rings. The van der Waals surface area contributed by atoms with Gasteiger partial charge < -0.3 is 15.4 Å². The summed E-state index contributed by atoms with van der Waals surface area (Å²) in [5.41, 5.74) is 2.27. The first-order chi connectivity index (χ1) is 11.2. The van der Waals surface area contributed by atoms with E-state index in [1.807, 2.05) is 25.1 Å². The number of nitrogens with zero attached hydrogens (tertiary/aromatic N) is 2. The summed E-state index contributed by atoms with van der Waals surface area (Å²) < 4.78 is 5.55. The molecule has 2 rings (SSSR count). The first kappa shape index (κ1) is 17.4. The van der Waals surface area contributed by atoms with Crippen molar-refractivity contribution in [2.45, 2.75) is 19.4 Å². The Hall–Kier alpha value is -1.92. The normalized spacial score (nSPS) is 12.9. The van der Waals surface area contributed by atoms with Crippen molar-refractivity contribution in [3.8, 4) is 0 Å². The Morgan fingerprint density at radius 1 is 1.30 bits per heavy atom. The number of benzene rings is 1. The number of nitrogens with one attached hydrogen (secondary N) is 2. The fourth-order valence-corrected chi connectivity index (χ4v) is 2.89. The monoisotopic (exact) mass is 332 g/mol. The molecule has 23 heavy (non-hydrogen) atoms. The van der Waals surface area contributed by atoms with Crippen molar-refractivity contribution in [1.82, 2.24) is 15.6 Å². The van der Waals surface area contributed by atoms with E-state index < -0.39 is 0 Å². The Morgan fingerprint density at radius 3 is 2.70 bits per heavy atom. The number of thiazole rings is 1. The van der Waals surface area contributed by atoms with Crippen LogP contribution in [0.1, 0.15) is 22.4 Å². The highest BCUT2D eigenvalue weighted by molar-refractivity contribution is 7.09. The van der Waals surface area contributed by atoms with E-state index >= 15 is 0 Å². The van der Waals surface area contributed by atoms with Crippen molar-refractivity contribution in [3.05, 3.63) is 52.0 Å². The molecule has 0 bridgehead atoms. The van der Waals surface area contributed by atoms with Gasteiger partial charge in [0.2, 0.25) is 0 Å². The molecule has 1 heterocycles. The molecule has 2 aromatic rings. The molecule has 0 fully saturated rings. The summed E-state index contributed by atoms with van der Waals surface area (Å²) in [4.78, 5) is 8.70. The molecule has 2 N–H and O–H groups in total. The van der Waals surface area contributed by atoms with Gasteiger partial charge in [-0.2, -0.15) is 0 Å². The highest BCUT2D eigenvalue weighted by Gasteiger charge is 2.10. The fraction of sp³-hybridized carbons (Fsp3) is 0.412. The third kappa shape index (κ3) is 5.65. The van der Waals surface area contributed by atoms with E-state index in [0.29, 0.717) is 6.54 Å². The smallest absolute Gasteiger partial charge is 0.191 e. The Balaban J connectivity index is 1.78. The number of aromatic nitrogens is 1. The molecule has 0 radical (unpaired) electrons. The van der Waals surface area contributed by atoms with Crippen LogP contribution < -0.4 is 10.6 Å². The van der Waals surface area contributed by atoms with Gasteiger partial charge in [0.15, 0.2) is 5.96 Å². The van der Waals surface area contributed by atoms with Gasteiger partial charge in [0.25, 0.3) is 0 Å². The average Bonchev–Trinajstić information content (AvgIpc) is 3.00. The summed E-state index contributed by atoms with van der Waals surface area (Å²) in [5.74, 6) is 0.773. The van der Waals surface area contributed by atoms with Crippen LogP contribution in [0.3, 0.4) is 0 Å². The van der Waals surface area contributed by atoms with E-state index in [0.717, 1.165) is 35.2 Å². The minimum atomic E-state index is -0.00376. The molecule has 6 heteroatoms. The number of aliphatic imine (C=N–C) groups is 1. The van der Waals surface area contributed by atoms with Crippen LogP contribution in [0, 0.1) is 6.92 Å². The van der Waals surface area contributed by atoms with Crippen LogP contribution in [0.25, 0.3) is 0 Å². The van der Waals surface area contributed by atoms with Crippen LogP contribution in [0.4, 0.5) is 0 Å².